The first kappa shape index (κ1) is 11.0. The van der Waals surface area contributed by atoms with Gasteiger partial charge < -0.3 is 10.5 Å². The van der Waals surface area contributed by atoms with Crippen LogP contribution >= 0.6 is 0 Å². The van der Waals surface area contributed by atoms with Gasteiger partial charge >= 0.3 is 0 Å². The number of ether oxygens (including phenoxy) is 1. The number of amidine groups is 1. The maximum atomic E-state index is 5.74. The van der Waals surface area contributed by atoms with Crippen LogP contribution in [0.25, 0.3) is 0 Å². The third-order valence-electron chi connectivity index (χ3n) is 3.12. The Bertz CT molecular complexity index is 383. The fraction of sp³-hybridized carbons (Fsp3) is 0.462. The van der Waals surface area contributed by atoms with E-state index in [4.69, 9.17) is 10.5 Å². The zero-order chi connectivity index (χ0) is 11.5. The first-order valence-electron chi connectivity index (χ1n) is 5.64. The third kappa shape index (κ3) is 2.35. The fourth-order valence-corrected chi connectivity index (χ4v) is 2.11. The van der Waals surface area contributed by atoms with Gasteiger partial charge in [0.2, 0.25) is 0 Å². The van der Waals surface area contributed by atoms with Crippen molar-refractivity contribution in [2.75, 3.05) is 7.11 Å². The van der Waals surface area contributed by atoms with E-state index in [1.54, 1.807) is 7.11 Å². The van der Waals surface area contributed by atoms with E-state index in [-0.39, 0.29) is 0 Å². The summed E-state index contributed by atoms with van der Waals surface area (Å²) >= 11 is 0. The molecule has 0 fully saturated rings. The summed E-state index contributed by atoms with van der Waals surface area (Å²) < 4.78 is 5.13. The van der Waals surface area contributed by atoms with Crippen molar-refractivity contribution in [3.63, 3.8) is 0 Å². The van der Waals surface area contributed by atoms with Gasteiger partial charge in [-0.3, -0.25) is 4.99 Å². The molecule has 86 valence electrons. The average Bonchev–Trinajstić information content (AvgIpc) is 2.59. The minimum Gasteiger partial charge on any atom is -0.497 e. The molecular weight excluding hydrogens is 200 g/mol. The van der Waals surface area contributed by atoms with Gasteiger partial charge in [-0.1, -0.05) is 19.1 Å². The molecule has 0 radical (unpaired) electrons. The molecule has 3 nitrogen and oxygen atoms in total. The summed E-state index contributed by atoms with van der Waals surface area (Å²) in [6.45, 7) is 2.21. The molecule has 0 aliphatic carbocycles. The van der Waals surface area contributed by atoms with Gasteiger partial charge in [0.1, 0.15) is 5.75 Å². The maximum Gasteiger partial charge on any atom is 0.118 e. The molecular formula is C13H18N2O. The van der Waals surface area contributed by atoms with Crippen molar-refractivity contribution in [2.45, 2.75) is 25.8 Å². The summed E-state index contributed by atoms with van der Waals surface area (Å²) in [7, 11) is 1.68. The van der Waals surface area contributed by atoms with Gasteiger partial charge in [-0.05, 0) is 30.0 Å². The molecule has 1 aliphatic heterocycles. The highest BCUT2D eigenvalue weighted by atomic mass is 16.5. The smallest absolute Gasteiger partial charge is 0.118 e. The Kier molecular flexibility index (Phi) is 3.13. The van der Waals surface area contributed by atoms with Crippen LogP contribution in [0.1, 0.15) is 18.9 Å². The van der Waals surface area contributed by atoms with E-state index in [2.05, 4.69) is 24.0 Å². The number of aliphatic imine (C=N–C) groups is 1. The van der Waals surface area contributed by atoms with Gasteiger partial charge in [-0.25, -0.2) is 0 Å². The van der Waals surface area contributed by atoms with E-state index < -0.39 is 0 Å². The van der Waals surface area contributed by atoms with E-state index in [9.17, 15) is 0 Å². The lowest BCUT2D eigenvalue weighted by Crippen LogP contribution is -2.13. The van der Waals surface area contributed by atoms with Crippen LogP contribution in [0.4, 0.5) is 0 Å². The highest BCUT2D eigenvalue weighted by molar-refractivity contribution is 5.82. The van der Waals surface area contributed by atoms with Crippen LogP contribution in [0.3, 0.4) is 0 Å². The minimum atomic E-state index is 0.341. The second kappa shape index (κ2) is 4.56. The van der Waals surface area contributed by atoms with Crippen molar-refractivity contribution in [1.29, 1.82) is 0 Å². The van der Waals surface area contributed by atoms with Crippen molar-refractivity contribution in [3.8, 4) is 5.75 Å². The summed E-state index contributed by atoms with van der Waals surface area (Å²) in [4.78, 5) is 4.47. The monoisotopic (exact) mass is 218 g/mol. The molecule has 16 heavy (non-hydrogen) atoms. The molecule has 0 spiro atoms. The molecule has 0 saturated heterocycles. The van der Waals surface area contributed by atoms with Crippen LogP contribution in [-0.4, -0.2) is 19.0 Å². The van der Waals surface area contributed by atoms with Gasteiger partial charge in [0.05, 0.1) is 19.0 Å². The number of nitrogens with zero attached hydrogens (tertiary/aromatic N) is 1. The van der Waals surface area contributed by atoms with Crippen LogP contribution in [0.5, 0.6) is 5.75 Å². The van der Waals surface area contributed by atoms with E-state index in [1.807, 2.05) is 12.1 Å². The molecule has 2 rings (SSSR count). The first-order chi connectivity index (χ1) is 7.69. The molecule has 0 aromatic heterocycles. The van der Waals surface area contributed by atoms with Crippen molar-refractivity contribution in [1.82, 2.24) is 0 Å². The first-order valence-corrected chi connectivity index (χ1v) is 5.64. The molecule has 0 bridgehead atoms. The van der Waals surface area contributed by atoms with E-state index in [1.165, 1.54) is 5.56 Å². The predicted octanol–water partition coefficient (Wildman–Crippen LogP) is 2.00. The number of methoxy groups -OCH3 is 1. The normalized spacial score (nSPS) is 24.2. The standard InChI is InChI=1S/C13H18N2O/c1-9-7-13(14)15-12(9)8-10-3-5-11(16-2)6-4-10/h3-6,9,12H,7-8H2,1-2H3,(H2,14,15)/t9-,12-/m0/s1. The minimum absolute atomic E-state index is 0.341. The Hall–Kier alpha value is -1.51. The fourth-order valence-electron chi connectivity index (χ4n) is 2.11. The zero-order valence-electron chi connectivity index (χ0n) is 9.81. The summed E-state index contributed by atoms with van der Waals surface area (Å²) in [5.41, 5.74) is 7.03. The van der Waals surface area contributed by atoms with E-state index >= 15 is 0 Å². The second-order valence-corrected chi connectivity index (χ2v) is 4.42. The summed E-state index contributed by atoms with van der Waals surface area (Å²) in [6, 6.07) is 8.50. The molecule has 2 N–H and O–H groups in total. The number of hydrogen-bond donors (Lipinski definition) is 1. The number of benzene rings is 1. The Labute approximate surface area is 96.3 Å². The summed E-state index contributed by atoms with van der Waals surface area (Å²) in [5, 5.41) is 0. The number of hydrogen-bond acceptors (Lipinski definition) is 3. The molecule has 1 heterocycles. The Morgan fingerprint density at radius 1 is 1.38 bits per heavy atom. The van der Waals surface area contributed by atoms with Crippen molar-refractivity contribution in [2.24, 2.45) is 16.6 Å². The molecule has 1 aromatic rings. The van der Waals surface area contributed by atoms with Crippen LogP contribution in [0.15, 0.2) is 29.3 Å². The topological polar surface area (TPSA) is 47.6 Å². The molecule has 1 aliphatic rings. The van der Waals surface area contributed by atoms with Crippen molar-refractivity contribution < 1.29 is 4.74 Å². The van der Waals surface area contributed by atoms with Gasteiger partial charge in [-0.2, -0.15) is 0 Å². The van der Waals surface area contributed by atoms with E-state index in [0.717, 1.165) is 24.4 Å². The van der Waals surface area contributed by atoms with E-state index in [0.29, 0.717) is 12.0 Å². The summed E-state index contributed by atoms with van der Waals surface area (Å²) in [6.07, 6.45) is 1.90. The lowest BCUT2D eigenvalue weighted by molar-refractivity contribution is 0.414. The molecule has 2 atom stereocenters. The van der Waals surface area contributed by atoms with Gasteiger partial charge in [0.15, 0.2) is 0 Å². The zero-order valence-corrected chi connectivity index (χ0v) is 9.81. The van der Waals surface area contributed by atoms with Gasteiger partial charge in [0, 0.05) is 6.42 Å². The highest BCUT2D eigenvalue weighted by Crippen LogP contribution is 2.23. The largest absolute Gasteiger partial charge is 0.497 e. The Morgan fingerprint density at radius 2 is 2.06 bits per heavy atom. The molecule has 0 saturated carbocycles. The second-order valence-electron chi connectivity index (χ2n) is 4.42. The summed E-state index contributed by atoms with van der Waals surface area (Å²) in [5.74, 6) is 2.25. The van der Waals surface area contributed by atoms with Crippen molar-refractivity contribution >= 4 is 5.84 Å². The van der Waals surface area contributed by atoms with Crippen LogP contribution in [0.2, 0.25) is 0 Å². The Morgan fingerprint density at radius 3 is 2.56 bits per heavy atom. The molecule has 1 aromatic carbocycles. The quantitative estimate of drug-likeness (QED) is 0.843. The lowest BCUT2D eigenvalue weighted by Gasteiger charge is -2.12. The van der Waals surface area contributed by atoms with Crippen LogP contribution in [-0.2, 0) is 6.42 Å². The van der Waals surface area contributed by atoms with Crippen molar-refractivity contribution in [3.05, 3.63) is 29.8 Å². The molecule has 0 amide bonds. The maximum absolute atomic E-state index is 5.74. The average molecular weight is 218 g/mol. The van der Waals surface area contributed by atoms with Gasteiger partial charge in [0.25, 0.3) is 0 Å². The van der Waals surface area contributed by atoms with Crippen LogP contribution in [0, 0.1) is 5.92 Å². The SMILES string of the molecule is COc1ccc(C[C@@H]2N=C(N)C[C@@H]2C)cc1. The van der Waals surface area contributed by atoms with Gasteiger partial charge in [-0.15, -0.1) is 0 Å². The highest BCUT2D eigenvalue weighted by Gasteiger charge is 2.23. The number of rotatable bonds is 3. The number of nitrogens with two attached hydrogens (primary N) is 1. The van der Waals surface area contributed by atoms with Crippen LogP contribution < -0.4 is 10.5 Å². The molecule has 3 heteroatoms. The third-order valence-corrected chi connectivity index (χ3v) is 3.12. The Balaban J connectivity index is 2.03. The molecule has 0 unspecified atom stereocenters. The predicted molar refractivity (Wildman–Crippen MR) is 65.9 cm³/mol. The lowest BCUT2D eigenvalue weighted by atomic mass is 9.95.